The van der Waals surface area contributed by atoms with E-state index in [1.165, 1.54) is 82.4 Å². The minimum Gasteiger partial charge on any atom is -0.0683 e. The highest BCUT2D eigenvalue weighted by Crippen LogP contribution is 2.57. The summed E-state index contributed by atoms with van der Waals surface area (Å²) < 4.78 is 0. The van der Waals surface area contributed by atoms with Crippen LogP contribution in [0.1, 0.15) is 74.9 Å². The van der Waals surface area contributed by atoms with E-state index in [9.17, 15) is 0 Å². The SMILES string of the molecule is CC.CC.CC.c1ccc2cc3c(cc2c1)Cc1c-3c2c(c3c1-c1cc4ccccc4cc1C3)-c1cc3ccccc3cc1C2. The number of benzene rings is 7. The van der Waals surface area contributed by atoms with Crippen LogP contribution in [-0.2, 0) is 19.3 Å². The van der Waals surface area contributed by atoms with Crippen molar-refractivity contribution in [3.8, 4) is 33.4 Å². The van der Waals surface area contributed by atoms with E-state index in [1.54, 1.807) is 16.7 Å². The topological polar surface area (TPSA) is 0 Å². The highest BCUT2D eigenvalue weighted by Gasteiger charge is 2.37. The molecule has 0 atom stereocenters. The van der Waals surface area contributed by atoms with Crippen LogP contribution in [0.4, 0.5) is 0 Å². The standard InChI is InChI=1S/C39H24.3C2H6/c1-4-10-25-16-31-28(13-22(25)7-1)19-34-37(31)35-20-29-14-23-8-3-6-12-27(23)18-33(29)39(35)36-21-30-15-24-9-2-5-11-26(24)17-32(30)38(34)36;3*1-2/h1-18H,19-21H2;3*1-2H3. The average molecular weight is 583 g/mol. The van der Waals surface area contributed by atoms with Gasteiger partial charge in [0.2, 0.25) is 0 Å². The first-order valence-corrected chi connectivity index (χ1v) is 17.1. The van der Waals surface area contributed by atoms with E-state index >= 15 is 0 Å². The lowest BCUT2D eigenvalue weighted by molar-refractivity contribution is 1.21. The summed E-state index contributed by atoms with van der Waals surface area (Å²) in [6.07, 6.45) is 3.07. The maximum absolute atomic E-state index is 2.47. The summed E-state index contributed by atoms with van der Waals surface area (Å²) in [4.78, 5) is 0. The smallest absolute Gasteiger partial charge is 0.000684 e. The third-order valence-corrected chi connectivity index (χ3v) is 9.63. The van der Waals surface area contributed by atoms with E-state index in [2.05, 4.69) is 109 Å². The Hall–Kier alpha value is -4.68. The second kappa shape index (κ2) is 11.7. The molecular formula is C45H42. The Morgan fingerprint density at radius 2 is 0.533 bits per heavy atom. The molecule has 7 aromatic rings. The summed E-state index contributed by atoms with van der Waals surface area (Å²) in [5.74, 6) is 0. The van der Waals surface area contributed by atoms with Crippen LogP contribution in [-0.4, -0.2) is 0 Å². The highest BCUT2D eigenvalue weighted by molar-refractivity contribution is 6.05. The Kier molecular flexibility index (Phi) is 7.54. The van der Waals surface area contributed by atoms with Crippen molar-refractivity contribution in [3.05, 3.63) is 143 Å². The van der Waals surface area contributed by atoms with Gasteiger partial charge in [0.25, 0.3) is 0 Å². The summed E-state index contributed by atoms with van der Waals surface area (Å²) in [5, 5.41) is 8.05. The molecule has 10 rings (SSSR count). The molecule has 0 amide bonds. The lowest BCUT2D eigenvalue weighted by Crippen LogP contribution is -1.97. The summed E-state index contributed by atoms with van der Waals surface area (Å²) in [6, 6.07) is 41.3. The molecule has 3 aliphatic carbocycles. The van der Waals surface area contributed by atoms with Gasteiger partial charge >= 0.3 is 0 Å². The fraction of sp³-hybridized carbons (Fsp3) is 0.200. The fourth-order valence-corrected chi connectivity index (χ4v) is 8.00. The third kappa shape index (κ3) is 4.34. The molecule has 0 bridgehead atoms. The first-order valence-electron chi connectivity index (χ1n) is 17.1. The van der Waals surface area contributed by atoms with E-state index < -0.39 is 0 Å². The van der Waals surface area contributed by atoms with Crippen molar-refractivity contribution in [2.45, 2.75) is 60.8 Å². The van der Waals surface area contributed by atoms with Gasteiger partial charge in [0.05, 0.1) is 0 Å². The normalized spacial score (nSPS) is 12.4. The van der Waals surface area contributed by atoms with Crippen molar-refractivity contribution < 1.29 is 0 Å². The second-order valence-corrected chi connectivity index (χ2v) is 11.7. The predicted molar refractivity (Wildman–Crippen MR) is 198 cm³/mol. The van der Waals surface area contributed by atoms with Crippen LogP contribution in [0.15, 0.2) is 109 Å². The van der Waals surface area contributed by atoms with Crippen molar-refractivity contribution in [2.75, 3.05) is 0 Å². The molecule has 0 aliphatic heterocycles. The van der Waals surface area contributed by atoms with Crippen LogP contribution >= 0.6 is 0 Å². The van der Waals surface area contributed by atoms with E-state index in [0.29, 0.717) is 0 Å². The second-order valence-electron chi connectivity index (χ2n) is 11.7. The monoisotopic (exact) mass is 582 g/mol. The quantitative estimate of drug-likeness (QED) is 0.167. The van der Waals surface area contributed by atoms with Crippen LogP contribution < -0.4 is 0 Å². The van der Waals surface area contributed by atoms with Crippen molar-refractivity contribution in [3.63, 3.8) is 0 Å². The Bertz CT molecular complexity index is 1970. The van der Waals surface area contributed by atoms with Crippen LogP contribution in [0.25, 0.3) is 65.7 Å². The van der Waals surface area contributed by atoms with Crippen LogP contribution in [0.2, 0.25) is 0 Å². The number of hydrogen-bond donors (Lipinski definition) is 0. The summed E-state index contributed by atoms with van der Waals surface area (Å²) >= 11 is 0. The summed E-state index contributed by atoms with van der Waals surface area (Å²) in [5.41, 5.74) is 18.0. The molecule has 45 heavy (non-hydrogen) atoms. The molecule has 0 saturated carbocycles. The van der Waals surface area contributed by atoms with Gasteiger partial charge in [0.15, 0.2) is 0 Å². The van der Waals surface area contributed by atoms with Gasteiger partial charge in [-0.15, -0.1) is 0 Å². The van der Waals surface area contributed by atoms with E-state index in [1.807, 2.05) is 41.5 Å². The molecule has 0 spiro atoms. The van der Waals surface area contributed by atoms with Crippen molar-refractivity contribution >= 4 is 32.3 Å². The Morgan fingerprint density at radius 3 is 0.778 bits per heavy atom. The Labute approximate surface area is 268 Å². The molecule has 0 fully saturated rings. The highest BCUT2D eigenvalue weighted by atomic mass is 14.4. The van der Waals surface area contributed by atoms with Gasteiger partial charge in [0, 0.05) is 0 Å². The molecular weight excluding hydrogens is 540 g/mol. The van der Waals surface area contributed by atoms with E-state index in [4.69, 9.17) is 0 Å². The molecule has 0 radical (unpaired) electrons. The molecule has 7 aromatic carbocycles. The maximum Gasteiger partial charge on any atom is -0.000684 e. The van der Waals surface area contributed by atoms with Crippen LogP contribution in [0, 0.1) is 0 Å². The fourth-order valence-electron chi connectivity index (χ4n) is 8.00. The van der Waals surface area contributed by atoms with E-state index in [-0.39, 0.29) is 0 Å². The van der Waals surface area contributed by atoms with Gasteiger partial charge in [-0.25, -0.2) is 0 Å². The van der Waals surface area contributed by atoms with Gasteiger partial charge in [0.1, 0.15) is 0 Å². The molecule has 0 N–H and O–H groups in total. The summed E-state index contributed by atoms with van der Waals surface area (Å²) in [7, 11) is 0. The van der Waals surface area contributed by atoms with Crippen LogP contribution in [0.3, 0.4) is 0 Å². The van der Waals surface area contributed by atoms with Gasteiger partial charge in [-0.3, -0.25) is 0 Å². The van der Waals surface area contributed by atoms with Gasteiger partial charge in [-0.1, -0.05) is 133 Å². The minimum atomic E-state index is 1.02. The predicted octanol–water partition coefficient (Wildman–Crippen LogP) is 12.9. The zero-order valence-electron chi connectivity index (χ0n) is 27.5. The van der Waals surface area contributed by atoms with Crippen molar-refractivity contribution in [1.29, 1.82) is 0 Å². The molecule has 222 valence electrons. The number of hydrogen-bond acceptors (Lipinski definition) is 0. The lowest BCUT2D eigenvalue weighted by Gasteiger charge is -2.17. The third-order valence-electron chi connectivity index (χ3n) is 9.63. The van der Waals surface area contributed by atoms with Crippen molar-refractivity contribution in [1.82, 2.24) is 0 Å². The molecule has 0 heterocycles. The summed E-state index contributed by atoms with van der Waals surface area (Å²) in [6.45, 7) is 12.0. The lowest BCUT2D eigenvalue weighted by atomic mass is 9.86. The first kappa shape index (κ1) is 29.1. The largest absolute Gasteiger partial charge is 0.0683 e. The van der Waals surface area contributed by atoms with Gasteiger partial charge < -0.3 is 0 Å². The zero-order chi connectivity index (χ0) is 31.2. The molecule has 0 aromatic heterocycles. The molecule has 0 saturated heterocycles. The first-order chi connectivity index (χ1) is 22.3. The molecule has 3 aliphatic rings. The Morgan fingerprint density at radius 1 is 0.311 bits per heavy atom. The zero-order valence-corrected chi connectivity index (χ0v) is 27.5. The molecule has 0 unspecified atom stereocenters. The Balaban J connectivity index is 0.000000514. The van der Waals surface area contributed by atoms with Gasteiger partial charge in [-0.2, -0.15) is 0 Å². The maximum atomic E-state index is 2.47. The van der Waals surface area contributed by atoms with E-state index in [0.717, 1.165) is 19.3 Å². The number of fused-ring (bicyclic) bond motifs is 15. The molecule has 0 nitrogen and oxygen atoms in total. The molecule has 0 heteroatoms. The van der Waals surface area contributed by atoms with Crippen LogP contribution in [0.5, 0.6) is 0 Å². The van der Waals surface area contributed by atoms with Gasteiger partial charge in [-0.05, 0) is 137 Å². The minimum absolute atomic E-state index is 1.02. The average Bonchev–Trinajstić information content (AvgIpc) is 3.78. The number of rotatable bonds is 0. The van der Waals surface area contributed by atoms with Crippen molar-refractivity contribution in [2.24, 2.45) is 0 Å².